The molecule has 0 radical (unpaired) electrons. The molecule has 3 aliphatic heterocycles. The van der Waals surface area contributed by atoms with Crippen molar-refractivity contribution < 1.29 is 43.3 Å². The van der Waals surface area contributed by atoms with Crippen LogP contribution < -0.4 is 34.8 Å². The number of carbonyl (C=O) groups excluding carboxylic acids is 3. The lowest BCUT2D eigenvalue weighted by molar-refractivity contribution is 0.0591. The van der Waals surface area contributed by atoms with Gasteiger partial charge in [0.2, 0.25) is 0 Å². The minimum atomic E-state index is -0.537. The van der Waals surface area contributed by atoms with Gasteiger partial charge in [0, 0.05) is 59.8 Å². The number of hydrogen-bond donors (Lipinski definition) is 3. The first-order valence-electron chi connectivity index (χ1n) is 18.6. The standard InChI is InChI=1S/C17H17NO3.C16H16N2O3.C11H13NO3/c1-20-17(19)13-7-8-14-12-18(9-10-21-16(14)11-13)15-5-3-2-4-6-15;19-16(17-20)12-6-7-13-11-18(8-9-21-15(13)10-12)14-4-2-1-3-5-14;1-14-11(13)8-2-3-9-7-12-4-5-15-10(9)6-8/h2-8,11H,9-10,12H2,1H3;1-7,10,20H,8-9,11H2,(H,17,19);2-3,6,12H,4-5,7H2,1H3. The molecule has 0 atom stereocenters. The van der Waals surface area contributed by atoms with E-state index in [1.807, 2.05) is 54.6 Å². The molecule has 13 nitrogen and oxygen atoms in total. The largest absolute Gasteiger partial charge is 0.492 e. The summed E-state index contributed by atoms with van der Waals surface area (Å²) in [6, 6.07) is 36.5. The molecule has 0 saturated heterocycles. The quantitative estimate of drug-likeness (QED) is 0.109. The van der Waals surface area contributed by atoms with E-state index in [1.165, 1.54) is 19.9 Å². The van der Waals surface area contributed by atoms with Gasteiger partial charge in [0.25, 0.3) is 5.91 Å². The second-order valence-electron chi connectivity index (χ2n) is 13.1. The normalized spacial score (nSPS) is 14.1. The third kappa shape index (κ3) is 10.6. The van der Waals surface area contributed by atoms with E-state index in [-0.39, 0.29) is 11.9 Å². The van der Waals surface area contributed by atoms with Crippen molar-refractivity contribution in [1.82, 2.24) is 10.8 Å². The lowest BCUT2D eigenvalue weighted by Gasteiger charge is -2.21. The summed E-state index contributed by atoms with van der Waals surface area (Å²) in [4.78, 5) is 38.8. The number of nitrogens with one attached hydrogen (secondary N) is 2. The van der Waals surface area contributed by atoms with Crippen LogP contribution in [0, 0.1) is 0 Å². The summed E-state index contributed by atoms with van der Waals surface area (Å²) < 4.78 is 26.4. The maximum atomic E-state index is 11.6. The van der Waals surface area contributed by atoms with Crippen LogP contribution in [-0.2, 0) is 29.1 Å². The summed E-state index contributed by atoms with van der Waals surface area (Å²) in [7, 11) is 2.75. The number of carbonyl (C=O) groups is 3. The predicted molar refractivity (Wildman–Crippen MR) is 214 cm³/mol. The third-order valence-electron chi connectivity index (χ3n) is 9.46. The second kappa shape index (κ2) is 19.8. The fraction of sp³-hybridized carbons (Fsp3) is 0.250. The number of methoxy groups -OCH3 is 2. The Kier molecular flexibility index (Phi) is 14.0. The summed E-state index contributed by atoms with van der Waals surface area (Å²) in [5, 5.41) is 11.9. The molecule has 0 aliphatic carbocycles. The number of ether oxygens (including phenoxy) is 5. The zero-order valence-corrected chi connectivity index (χ0v) is 31.9. The van der Waals surface area contributed by atoms with E-state index in [9.17, 15) is 14.4 Å². The van der Waals surface area contributed by atoms with Crippen molar-refractivity contribution in [2.24, 2.45) is 0 Å². The van der Waals surface area contributed by atoms with Gasteiger partial charge in [0.05, 0.1) is 38.4 Å². The van der Waals surface area contributed by atoms with E-state index < -0.39 is 5.91 Å². The number of para-hydroxylation sites is 2. The maximum Gasteiger partial charge on any atom is 0.337 e. The highest BCUT2D eigenvalue weighted by molar-refractivity contribution is 5.94. The smallest absolute Gasteiger partial charge is 0.337 e. The number of hydrogen-bond acceptors (Lipinski definition) is 12. The fourth-order valence-electron chi connectivity index (χ4n) is 6.45. The number of benzene rings is 5. The van der Waals surface area contributed by atoms with Crippen molar-refractivity contribution in [3.8, 4) is 17.2 Å². The van der Waals surface area contributed by atoms with Crippen LogP contribution in [0.15, 0.2) is 115 Å². The summed E-state index contributed by atoms with van der Waals surface area (Å²) in [6.07, 6.45) is 0. The van der Waals surface area contributed by atoms with Crippen LogP contribution in [0.5, 0.6) is 17.2 Å². The summed E-state index contributed by atoms with van der Waals surface area (Å²) in [5.74, 6) is 1.00. The van der Waals surface area contributed by atoms with Gasteiger partial charge in [0.1, 0.15) is 37.1 Å². The number of hydroxylamine groups is 1. The molecular weight excluding hydrogens is 729 g/mol. The first-order chi connectivity index (χ1) is 27.9. The Labute approximate surface area is 331 Å². The average Bonchev–Trinajstić information content (AvgIpc) is 3.74. The minimum Gasteiger partial charge on any atom is -0.492 e. The van der Waals surface area contributed by atoms with E-state index in [4.69, 9.17) is 24.2 Å². The Morgan fingerprint density at radius 3 is 1.53 bits per heavy atom. The highest BCUT2D eigenvalue weighted by Gasteiger charge is 2.19. The van der Waals surface area contributed by atoms with Crippen molar-refractivity contribution in [2.45, 2.75) is 19.6 Å². The van der Waals surface area contributed by atoms with Gasteiger partial charge in [-0.25, -0.2) is 15.1 Å². The predicted octanol–water partition coefficient (Wildman–Crippen LogP) is 6.03. The molecule has 0 saturated carbocycles. The van der Waals surface area contributed by atoms with E-state index in [0.29, 0.717) is 42.3 Å². The van der Waals surface area contributed by atoms with Gasteiger partial charge in [-0.05, 0) is 60.7 Å². The van der Waals surface area contributed by atoms with Crippen LogP contribution in [0.1, 0.15) is 47.8 Å². The third-order valence-corrected chi connectivity index (χ3v) is 9.46. The van der Waals surface area contributed by atoms with Gasteiger partial charge in [-0.15, -0.1) is 0 Å². The highest BCUT2D eigenvalue weighted by atomic mass is 16.5. The zero-order chi connectivity index (χ0) is 40.0. The number of esters is 2. The van der Waals surface area contributed by atoms with E-state index in [2.05, 4.69) is 44.1 Å². The molecule has 3 heterocycles. The molecule has 3 N–H and O–H groups in total. The van der Waals surface area contributed by atoms with Crippen molar-refractivity contribution in [3.05, 3.63) is 149 Å². The highest BCUT2D eigenvalue weighted by Crippen LogP contribution is 2.29. The molecule has 0 fully saturated rings. The number of fused-ring (bicyclic) bond motifs is 3. The SMILES string of the molecule is COC(=O)c1ccc2c(c1)OCCN(c1ccccc1)C2.COC(=O)c1ccc2c(c1)OCCNC2.O=C(NO)c1ccc2c(c1)OCCN(c1ccccc1)C2. The van der Waals surface area contributed by atoms with Crippen LogP contribution in [-0.4, -0.2) is 76.7 Å². The molecule has 57 heavy (non-hydrogen) atoms. The van der Waals surface area contributed by atoms with E-state index >= 15 is 0 Å². The first-order valence-corrected chi connectivity index (χ1v) is 18.6. The van der Waals surface area contributed by atoms with Crippen LogP contribution in [0.3, 0.4) is 0 Å². The lowest BCUT2D eigenvalue weighted by atomic mass is 10.1. The molecule has 5 aromatic rings. The Hall–Kier alpha value is -6.57. The molecule has 13 heteroatoms. The zero-order valence-electron chi connectivity index (χ0n) is 31.9. The molecule has 5 aromatic carbocycles. The van der Waals surface area contributed by atoms with Crippen molar-refractivity contribution in [2.75, 3.05) is 63.5 Å². The lowest BCUT2D eigenvalue weighted by Crippen LogP contribution is -2.25. The van der Waals surface area contributed by atoms with Gasteiger partial charge < -0.3 is 38.8 Å². The van der Waals surface area contributed by atoms with Crippen molar-refractivity contribution in [3.63, 3.8) is 0 Å². The molecule has 0 bridgehead atoms. The van der Waals surface area contributed by atoms with Gasteiger partial charge in [-0.1, -0.05) is 54.6 Å². The van der Waals surface area contributed by atoms with Crippen LogP contribution in [0.25, 0.3) is 0 Å². The topological polar surface area (TPSA) is 148 Å². The van der Waals surface area contributed by atoms with Gasteiger partial charge >= 0.3 is 11.9 Å². The summed E-state index contributed by atoms with van der Waals surface area (Å²) in [5.41, 5.74) is 8.54. The molecule has 1 amide bonds. The molecule has 0 unspecified atom stereocenters. The first kappa shape index (κ1) is 40.1. The number of anilines is 2. The van der Waals surface area contributed by atoms with Crippen molar-refractivity contribution in [1.29, 1.82) is 0 Å². The Morgan fingerprint density at radius 2 is 1.04 bits per heavy atom. The summed E-state index contributed by atoms with van der Waals surface area (Å²) in [6.45, 7) is 6.43. The van der Waals surface area contributed by atoms with Crippen LogP contribution >= 0.6 is 0 Å². The molecule has 0 aromatic heterocycles. The number of amides is 1. The van der Waals surface area contributed by atoms with Gasteiger partial charge in [-0.3, -0.25) is 10.0 Å². The Bertz CT molecular complexity index is 2020. The Morgan fingerprint density at radius 1 is 0.596 bits per heavy atom. The molecule has 296 valence electrons. The molecule has 8 rings (SSSR count). The molecular formula is C44H46N4O9. The van der Waals surface area contributed by atoms with Crippen molar-refractivity contribution >= 4 is 29.2 Å². The van der Waals surface area contributed by atoms with E-state index in [1.54, 1.807) is 41.9 Å². The molecule has 3 aliphatic rings. The van der Waals surface area contributed by atoms with E-state index in [0.717, 1.165) is 73.1 Å². The molecule has 0 spiro atoms. The Balaban J connectivity index is 0.000000147. The van der Waals surface area contributed by atoms with Gasteiger partial charge in [-0.2, -0.15) is 0 Å². The number of nitrogens with zero attached hydrogens (tertiary/aromatic N) is 2. The monoisotopic (exact) mass is 774 g/mol. The van der Waals surface area contributed by atoms with Crippen LogP contribution in [0.4, 0.5) is 11.4 Å². The van der Waals surface area contributed by atoms with Gasteiger partial charge in [0.15, 0.2) is 0 Å². The maximum absolute atomic E-state index is 11.6. The fourth-order valence-corrected chi connectivity index (χ4v) is 6.45. The number of rotatable bonds is 5. The second-order valence-corrected chi connectivity index (χ2v) is 13.1. The summed E-state index contributed by atoms with van der Waals surface area (Å²) >= 11 is 0. The van der Waals surface area contributed by atoms with Crippen LogP contribution in [0.2, 0.25) is 0 Å². The minimum absolute atomic E-state index is 0.335. The average molecular weight is 775 g/mol.